The predicted molar refractivity (Wildman–Crippen MR) is 125 cm³/mol. The number of aryl methyl sites for hydroxylation is 2. The van der Waals surface area contributed by atoms with Crippen molar-refractivity contribution in [3.05, 3.63) is 29.3 Å². The fourth-order valence-corrected chi connectivity index (χ4v) is 8.64. The summed E-state index contributed by atoms with van der Waals surface area (Å²) in [6.45, 7) is 7.68. The number of carbonyl (C=O) groups is 3. The molecule has 3 fully saturated rings. The van der Waals surface area contributed by atoms with Gasteiger partial charge >= 0.3 is 0 Å². The van der Waals surface area contributed by atoms with Crippen LogP contribution in [0.2, 0.25) is 0 Å². The molecule has 8 heteroatoms. The number of nitrogens with one attached hydrogen (secondary N) is 2. The second-order valence-electron chi connectivity index (χ2n) is 9.41. The van der Waals surface area contributed by atoms with Crippen LogP contribution >= 0.6 is 11.8 Å². The van der Waals surface area contributed by atoms with E-state index in [1.54, 1.807) is 23.7 Å². The van der Waals surface area contributed by atoms with Crippen LogP contribution in [0, 0.1) is 31.6 Å². The Balaban J connectivity index is 1.81. The number of fused-ring (bicyclic) bond motifs is 1. The molecule has 7 atom stereocenters. The van der Waals surface area contributed by atoms with Gasteiger partial charge in [0.25, 0.3) is 0 Å². The molecule has 0 radical (unpaired) electrons. The van der Waals surface area contributed by atoms with E-state index >= 15 is 0 Å². The number of anilines is 1. The molecule has 3 aliphatic heterocycles. The molecule has 0 aromatic heterocycles. The topological polar surface area (TPSA) is 98.7 Å². The molecule has 3 saturated heterocycles. The minimum Gasteiger partial charge on any atom is -0.394 e. The first-order chi connectivity index (χ1) is 15.2. The Bertz CT molecular complexity index is 929. The summed E-state index contributed by atoms with van der Waals surface area (Å²) in [6.07, 6.45) is 1.33. The average molecular weight is 460 g/mol. The molecule has 1 spiro atoms. The van der Waals surface area contributed by atoms with E-state index in [2.05, 4.69) is 17.6 Å². The van der Waals surface area contributed by atoms with Crippen molar-refractivity contribution in [1.82, 2.24) is 10.2 Å². The second kappa shape index (κ2) is 8.37. The van der Waals surface area contributed by atoms with Gasteiger partial charge in [-0.05, 0) is 43.7 Å². The molecule has 7 nitrogen and oxygen atoms in total. The fourth-order valence-electron chi connectivity index (χ4n) is 6.24. The van der Waals surface area contributed by atoms with Crippen LogP contribution in [0.15, 0.2) is 18.2 Å². The third-order valence-electron chi connectivity index (χ3n) is 7.79. The first kappa shape index (κ1) is 23.1. The summed E-state index contributed by atoms with van der Waals surface area (Å²) in [7, 11) is 1.60. The summed E-state index contributed by atoms with van der Waals surface area (Å²) in [5, 5.41) is 16.0. The highest BCUT2D eigenvalue weighted by Gasteiger charge is 2.76. The lowest BCUT2D eigenvalue weighted by Gasteiger charge is -2.40. The van der Waals surface area contributed by atoms with E-state index in [4.69, 9.17) is 0 Å². The van der Waals surface area contributed by atoms with E-state index in [-0.39, 0.29) is 35.5 Å². The molecular weight excluding hydrogens is 426 g/mol. The van der Waals surface area contributed by atoms with Crippen molar-refractivity contribution >= 4 is 35.2 Å². The van der Waals surface area contributed by atoms with Gasteiger partial charge in [-0.1, -0.05) is 32.0 Å². The number of benzene rings is 1. The van der Waals surface area contributed by atoms with E-state index in [0.29, 0.717) is 6.42 Å². The number of thioether (sulfide) groups is 1. The molecule has 4 rings (SSSR count). The number of carbonyl (C=O) groups excluding carboxylic acids is 3. The second-order valence-corrected chi connectivity index (χ2v) is 11.0. The van der Waals surface area contributed by atoms with E-state index in [0.717, 1.165) is 23.2 Å². The Labute approximate surface area is 193 Å². The van der Waals surface area contributed by atoms with Crippen LogP contribution in [0.4, 0.5) is 5.69 Å². The van der Waals surface area contributed by atoms with Crippen molar-refractivity contribution in [2.45, 2.75) is 62.6 Å². The molecule has 2 bridgehead atoms. The minimum absolute atomic E-state index is 0.0192. The molecule has 3 unspecified atom stereocenters. The molecule has 174 valence electrons. The molecule has 3 amide bonds. The van der Waals surface area contributed by atoms with Crippen molar-refractivity contribution in [3.63, 3.8) is 0 Å². The van der Waals surface area contributed by atoms with Crippen LogP contribution in [0.5, 0.6) is 0 Å². The molecule has 0 aliphatic carbocycles. The lowest BCUT2D eigenvalue weighted by molar-refractivity contribution is -0.142. The summed E-state index contributed by atoms with van der Waals surface area (Å²) in [4.78, 5) is 42.2. The average Bonchev–Trinajstić information content (AvgIpc) is 3.35. The van der Waals surface area contributed by atoms with Crippen LogP contribution in [0.25, 0.3) is 0 Å². The third-order valence-corrected chi connectivity index (χ3v) is 9.86. The van der Waals surface area contributed by atoms with Gasteiger partial charge < -0.3 is 20.6 Å². The standard InChI is InChI=1S/C24H33N3O4S/c1-6-15(11-28)27-20(22(30)26-19-12(2)8-7-9-13(19)3)24-14(4)10-16(32-24)17(21(29)25-5)18(24)23(27)31/h7-9,14-18,20,28H,6,10-11H2,1-5H3,(H,25,29)(H,26,30)/t14?,15-,16-,17+,18-,20?,24?/m0/s1. The van der Waals surface area contributed by atoms with Gasteiger partial charge in [-0.15, -0.1) is 11.8 Å². The Hall–Kier alpha value is -2.06. The highest BCUT2D eigenvalue weighted by Crippen LogP contribution is 2.68. The van der Waals surface area contributed by atoms with E-state index in [1.807, 2.05) is 39.0 Å². The van der Waals surface area contributed by atoms with Gasteiger partial charge in [0.15, 0.2) is 0 Å². The molecule has 0 saturated carbocycles. The van der Waals surface area contributed by atoms with Crippen LogP contribution < -0.4 is 10.6 Å². The molecule has 3 N–H and O–H groups in total. The Kier molecular flexibility index (Phi) is 6.05. The number of nitrogens with zero attached hydrogens (tertiary/aromatic N) is 1. The van der Waals surface area contributed by atoms with Crippen molar-refractivity contribution in [2.75, 3.05) is 19.0 Å². The summed E-state index contributed by atoms with van der Waals surface area (Å²) in [5.41, 5.74) is 2.67. The molecule has 3 heterocycles. The maximum absolute atomic E-state index is 13.9. The molecular formula is C24H33N3O4S. The van der Waals surface area contributed by atoms with Gasteiger partial charge in [-0.2, -0.15) is 0 Å². The molecule has 1 aromatic carbocycles. The first-order valence-corrected chi connectivity index (χ1v) is 12.3. The van der Waals surface area contributed by atoms with Gasteiger partial charge in [-0.3, -0.25) is 14.4 Å². The highest BCUT2D eigenvalue weighted by atomic mass is 32.2. The number of hydrogen-bond donors (Lipinski definition) is 3. The van der Waals surface area contributed by atoms with Gasteiger partial charge in [0.2, 0.25) is 17.7 Å². The maximum atomic E-state index is 13.9. The molecule has 1 aromatic rings. The zero-order valence-electron chi connectivity index (χ0n) is 19.3. The summed E-state index contributed by atoms with van der Waals surface area (Å²) < 4.78 is -0.678. The summed E-state index contributed by atoms with van der Waals surface area (Å²) >= 11 is 1.64. The third kappa shape index (κ3) is 3.10. The Morgan fingerprint density at radius 1 is 1.28 bits per heavy atom. The van der Waals surface area contributed by atoms with Crippen molar-refractivity contribution in [1.29, 1.82) is 0 Å². The number of rotatable bonds is 6. The van der Waals surface area contributed by atoms with Crippen LogP contribution in [-0.4, -0.2) is 63.5 Å². The quantitative estimate of drug-likeness (QED) is 0.605. The van der Waals surface area contributed by atoms with E-state index in [1.165, 1.54) is 0 Å². The van der Waals surface area contributed by atoms with E-state index in [9.17, 15) is 19.5 Å². The van der Waals surface area contributed by atoms with Crippen LogP contribution in [0.3, 0.4) is 0 Å². The number of hydrogen-bond acceptors (Lipinski definition) is 5. The maximum Gasteiger partial charge on any atom is 0.248 e. The number of aliphatic hydroxyl groups excluding tert-OH is 1. The van der Waals surface area contributed by atoms with Gasteiger partial charge in [0.05, 0.1) is 29.2 Å². The first-order valence-electron chi connectivity index (χ1n) is 11.4. The van der Waals surface area contributed by atoms with Crippen molar-refractivity contribution in [3.8, 4) is 0 Å². The predicted octanol–water partition coefficient (Wildman–Crippen LogP) is 2.10. The normalized spacial score (nSPS) is 33.9. The van der Waals surface area contributed by atoms with Gasteiger partial charge in [0.1, 0.15) is 6.04 Å². The highest BCUT2D eigenvalue weighted by molar-refractivity contribution is 8.02. The lowest BCUT2D eigenvalue weighted by atomic mass is 9.66. The summed E-state index contributed by atoms with van der Waals surface area (Å²) in [6, 6.07) is 4.64. The SMILES string of the molecule is CC[C@@H](CO)N1C(=O)[C@@H]2[C@H](C(=O)NC)[C@@H]3CC(C)C2(S3)C1C(=O)Nc1c(C)cccc1C. The van der Waals surface area contributed by atoms with E-state index < -0.39 is 28.7 Å². The summed E-state index contributed by atoms with van der Waals surface area (Å²) in [5.74, 6) is -1.46. The monoisotopic (exact) mass is 459 g/mol. The minimum atomic E-state index is -0.740. The largest absolute Gasteiger partial charge is 0.394 e. The zero-order chi connectivity index (χ0) is 23.4. The smallest absolute Gasteiger partial charge is 0.248 e. The Morgan fingerprint density at radius 2 is 1.94 bits per heavy atom. The molecule has 32 heavy (non-hydrogen) atoms. The van der Waals surface area contributed by atoms with Crippen molar-refractivity contribution in [2.24, 2.45) is 17.8 Å². The Morgan fingerprint density at radius 3 is 2.50 bits per heavy atom. The number of amides is 3. The van der Waals surface area contributed by atoms with Crippen LogP contribution in [-0.2, 0) is 14.4 Å². The van der Waals surface area contributed by atoms with Gasteiger partial charge in [0, 0.05) is 18.0 Å². The fraction of sp³-hybridized carbons (Fsp3) is 0.625. The number of aliphatic hydroxyl groups is 1. The zero-order valence-corrected chi connectivity index (χ0v) is 20.2. The van der Waals surface area contributed by atoms with Gasteiger partial charge in [-0.25, -0.2) is 0 Å². The lowest BCUT2D eigenvalue weighted by Crippen LogP contribution is -2.57. The van der Waals surface area contributed by atoms with Crippen LogP contribution in [0.1, 0.15) is 37.8 Å². The number of para-hydroxylation sites is 1. The number of likely N-dealkylation sites (tertiary alicyclic amines) is 1. The van der Waals surface area contributed by atoms with Crippen molar-refractivity contribution < 1.29 is 19.5 Å². The molecule has 3 aliphatic rings.